The third-order valence-electron chi connectivity index (χ3n) is 3.69. The monoisotopic (exact) mass is 241 g/mol. The molecular formula is C12H20ClN3. The Balaban J connectivity index is 2.21. The van der Waals surface area contributed by atoms with E-state index in [1.807, 2.05) is 14.0 Å². The lowest BCUT2D eigenvalue weighted by molar-refractivity contribution is 0.166. The fourth-order valence-electron chi connectivity index (χ4n) is 2.50. The van der Waals surface area contributed by atoms with Gasteiger partial charge in [0.2, 0.25) is 0 Å². The lowest BCUT2D eigenvalue weighted by Crippen LogP contribution is -2.37. The summed E-state index contributed by atoms with van der Waals surface area (Å²) in [6, 6.07) is 0. The molecule has 1 saturated heterocycles. The zero-order valence-corrected chi connectivity index (χ0v) is 11.3. The molecule has 3 nitrogen and oxygen atoms in total. The number of hydrogen-bond acceptors (Lipinski definition) is 2. The lowest BCUT2D eigenvalue weighted by atomic mass is 10.0. The molecule has 2 rings (SSSR count). The maximum atomic E-state index is 6.26. The fraction of sp³-hybridized carbons (Fsp3) is 0.750. The highest BCUT2D eigenvalue weighted by atomic mass is 35.5. The molecule has 4 heteroatoms. The Morgan fingerprint density at radius 2 is 2.12 bits per heavy atom. The van der Waals surface area contributed by atoms with Gasteiger partial charge in [-0.1, -0.05) is 11.6 Å². The molecule has 0 amide bonds. The summed E-state index contributed by atoms with van der Waals surface area (Å²) in [4.78, 5) is 2.50. The number of nitrogens with zero attached hydrogens (tertiary/aromatic N) is 3. The first-order chi connectivity index (χ1) is 7.42. The van der Waals surface area contributed by atoms with Crippen LogP contribution in [0.4, 0.5) is 0 Å². The molecule has 0 N–H and O–H groups in total. The first-order valence-corrected chi connectivity index (χ1v) is 6.22. The molecule has 0 unspecified atom stereocenters. The van der Waals surface area contributed by atoms with Crippen molar-refractivity contribution in [1.82, 2.24) is 14.7 Å². The Bertz CT molecular complexity index is 395. The molecule has 16 heavy (non-hydrogen) atoms. The molecule has 1 aliphatic heterocycles. The van der Waals surface area contributed by atoms with Crippen LogP contribution in [0.15, 0.2) is 0 Å². The Kier molecular flexibility index (Phi) is 3.01. The smallest absolute Gasteiger partial charge is 0.131 e. The van der Waals surface area contributed by atoms with Crippen LogP contribution in [0.1, 0.15) is 37.9 Å². The zero-order valence-electron chi connectivity index (χ0n) is 10.5. The summed E-state index contributed by atoms with van der Waals surface area (Å²) in [6.07, 6.45) is 2.55. The third-order valence-corrected chi connectivity index (χ3v) is 4.16. The maximum absolute atomic E-state index is 6.26. The van der Waals surface area contributed by atoms with Crippen LogP contribution >= 0.6 is 11.6 Å². The average molecular weight is 242 g/mol. The van der Waals surface area contributed by atoms with Crippen molar-refractivity contribution in [2.24, 2.45) is 7.05 Å². The molecule has 0 radical (unpaired) electrons. The van der Waals surface area contributed by atoms with Crippen LogP contribution in [0.25, 0.3) is 0 Å². The van der Waals surface area contributed by atoms with Gasteiger partial charge >= 0.3 is 0 Å². The molecule has 0 atom stereocenters. The molecule has 0 aliphatic carbocycles. The summed E-state index contributed by atoms with van der Waals surface area (Å²) in [6.45, 7) is 8.73. The van der Waals surface area contributed by atoms with Gasteiger partial charge in [0.15, 0.2) is 0 Å². The molecular weight excluding hydrogens is 222 g/mol. The van der Waals surface area contributed by atoms with E-state index in [9.17, 15) is 0 Å². The van der Waals surface area contributed by atoms with Gasteiger partial charge in [0.1, 0.15) is 5.15 Å². The van der Waals surface area contributed by atoms with E-state index in [1.165, 1.54) is 18.4 Å². The summed E-state index contributed by atoms with van der Waals surface area (Å²) >= 11 is 6.26. The van der Waals surface area contributed by atoms with Crippen molar-refractivity contribution in [1.29, 1.82) is 0 Å². The number of rotatable bonds is 2. The van der Waals surface area contributed by atoms with Gasteiger partial charge < -0.3 is 0 Å². The van der Waals surface area contributed by atoms with E-state index in [1.54, 1.807) is 4.68 Å². The Morgan fingerprint density at radius 1 is 1.44 bits per heavy atom. The zero-order chi connectivity index (χ0) is 11.9. The van der Waals surface area contributed by atoms with Gasteiger partial charge in [0, 0.05) is 24.7 Å². The standard InChI is InChI=1S/C12H20ClN3/c1-9-10(11(13)15(4)14-9)8-16-7-5-6-12(16,2)3/h5-8H2,1-4H3. The SMILES string of the molecule is Cc1nn(C)c(Cl)c1CN1CCCC1(C)C. The van der Waals surface area contributed by atoms with Crippen LogP contribution in [0, 0.1) is 6.92 Å². The van der Waals surface area contributed by atoms with Crippen molar-refractivity contribution in [3.63, 3.8) is 0 Å². The van der Waals surface area contributed by atoms with Crippen LogP contribution in [0.3, 0.4) is 0 Å². The minimum atomic E-state index is 0.297. The van der Waals surface area contributed by atoms with Gasteiger partial charge in [-0.25, -0.2) is 0 Å². The topological polar surface area (TPSA) is 21.1 Å². The normalized spacial score (nSPS) is 20.6. The highest BCUT2D eigenvalue weighted by Gasteiger charge is 2.32. The van der Waals surface area contributed by atoms with Crippen molar-refractivity contribution >= 4 is 11.6 Å². The lowest BCUT2D eigenvalue weighted by Gasteiger charge is -2.31. The number of likely N-dealkylation sites (tertiary alicyclic amines) is 1. The van der Waals surface area contributed by atoms with E-state index in [0.29, 0.717) is 5.54 Å². The largest absolute Gasteiger partial charge is 0.294 e. The van der Waals surface area contributed by atoms with Gasteiger partial charge in [-0.05, 0) is 40.2 Å². The number of aromatic nitrogens is 2. The molecule has 0 saturated carbocycles. The molecule has 0 aromatic carbocycles. The second kappa shape index (κ2) is 4.04. The second-order valence-corrected chi connectivity index (χ2v) is 5.67. The summed E-state index contributed by atoms with van der Waals surface area (Å²) in [5, 5.41) is 5.14. The van der Waals surface area contributed by atoms with E-state index < -0.39 is 0 Å². The Hall–Kier alpha value is -0.540. The van der Waals surface area contributed by atoms with Crippen molar-refractivity contribution in [3.8, 4) is 0 Å². The minimum Gasteiger partial charge on any atom is -0.294 e. The third kappa shape index (κ3) is 1.98. The van der Waals surface area contributed by atoms with E-state index in [-0.39, 0.29) is 0 Å². The molecule has 1 fully saturated rings. The van der Waals surface area contributed by atoms with Crippen molar-refractivity contribution in [3.05, 3.63) is 16.4 Å². The minimum absolute atomic E-state index is 0.297. The van der Waals surface area contributed by atoms with E-state index in [2.05, 4.69) is 23.8 Å². The van der Waals surface area contributed by atoms with Crippen molar-refractivity contribution in [2.45, 2.75) is 45.7 Å². The number of halogens is 1. The van der Waals surface area contributed by atoms with Crippen LogP contribution in [0.2, 0.25) is 5.15 Å². The van der Waals surface area contributed by atoms with Crippen LogP contribution in [0.5, 0.6) is 0 Å². The quantitative estimate of drug-likeness (QED) is 0.794. The Labute approximate surface area is 102 Å². The van der Waals surface area contributed by atoms with E-state index >= 15 is 0 Å². The molecule has 1 aromatic rings. The van der Waals surface area contributed by atoms with Crippen molar-refractivity contribution in [2.75, 3.05) is 6.54 Å². The van der Waals surface area contributed by atoms with Crippen molar-refractivity contribution < 1.29 is 0 Å². The van der Waals surface area contributed by atoms with Gasteiger partial charge in [0.25, 0.3) is 0 Å². The molecule has 0 bridgehead atoms. The van der Waals surface area contributed by atoms with Crippen LogP contribution in [-0.2, 0) is 13.6 Å². The first kappa shape index (κ1) is 11.9. The second-order valence-electron chi connectivity index (χ2n) is 5.32. The van der Waals surface area contributed by atoms with Gasteiger partial charge in [-0.3, -0.25) is 9.58 Å². The molecule has 1 aliphatic rings. The highest BCUT2D eigenvalue weighted by molar-refractivity contribution is 6.30. The van der Waals surface area contributed by atoms with Gasteiger partial charge in [-0.15, -0.1) is 0 Å². The summed E-state index contributed by atoms with van der Waals surface area (Å²) < 4.78 is 1.76. The first-order valence-electron chi connectivity index (χ1n) is 5.85. The maximum Gasteiger partial charge on any atom is 0.131 e. The van der Waals surface area contributed by atoms with E-state index in [0.717, 1.165) is 23.9 Å². The molecule has 1 aromatic heterocycles. The number of hydrogen-bond donors (Lipinski definition) is 0. The van der Waals surface area contributed by atoms with Crippen LogP contribution in [-0.4, -0.2) is 26.8 Å². The summed E-state index contributed by atoms with van der Waals surface area (Å²) in [5.74, 6) is 0. The van der Waals surface area contributed by atoms with Crippen LogP contribution < -0.4 is 0 Å². The van der Waals surface area contributed by atoms with Gasteiger partial charge in [-0.2, -0.15) is 5.10 Å². The van der Waals surface area contributed by atoms with Gasteiger partial charge in [0.05, 0.1) is 5.69 Å². The molecule has 2 heterocycles. The summed E-state index contributed by atoms with van der Waals surface area (Å²) in [5.41, 5.74) is 2.53. The Morgan fingerprint density at radius 3 is 2.56 bits per heavy atom. The highest BCUT2D eigenvalue weighted by Crippen LogP contribution is 2.31. The molecule has 0 spiro atoms. The van der Waals surface area contributed by atoms with E-state index in [4.69, 9.17) is 11.6 Å². The predicted molar refractivity (Wildman–Crippen MR) is 66.7 cm³/mol. The predicted octanol–water partition coefficient (Wildman–Crippen LogP) is 2.76. The molecule has 90 valence electrons. The fourth-order valence-corrected chi connectivity index (χ4v) is 2.74. The summed E-state index contributed by atoms with van der Waals surface area (Å²) in [7, 11) is 1.90. The average Bonchev–Trinajstić information content (AvgIpc) is 2.62. The number of aryl methyl sites for hydroxylation is 2.